The van der Waals surface area contributed by atoms with Gasteiger partial charge in [0.25, 0.3) is 15.9 Å². The van der Waals surface area contributed by atoms with Crippen molar-refractivity contribution in [1.82, 2.24) is 5.43 Å². The van der Waals surface area contributed by atoms with E-state index >= 15 is 0 Å². The Bertz CT molecular complexity index is 1190. The van der Waals surface area contributed by atoms with Crippen LogP contribution in [0.3, 0.4) is 0 Å². The van der Waals surface area contributed by atoms with Crippen LogP contribution in [0.25, 0.3) is 0 Å². The van der Waals surface area contributed by atoms with Crippen LogP contribution in [0.5, 0.6) is 5.75 Å². The molecule has 0 atom stereocenters. The van der Waals surface area contributed by atoms with Crippen LogP contribution in [0.4, 0.5) is 5.69 Å². The third-order valence-corrected chi connectivity index (χ3v) is 6.60. The highest BCUT2D eigenvalue weighted by molar-refractivity contribution is 7.92. The van der Waals surface area contributed by atoms with Crippen LogP contribution >= 0.6 is 0 Å². The van der Waals surface area contributed by atoms with Gasteiger partial charge in [0.15, 0.2) is 0 Å². The molecule has 0 heterocycles. The molecule has 0 unspecified atom stereocenters. The van der Waals surface area contributed by atoms with Gasteiger partial charge in [-0.25, -0.2) is 13.8 Å². The van der Waals surface area contributed by atoms with Crippen molar-refractivity contribution in [2.75, 3.05) is 18.0 Å². The first-order valence-electron chi connectivity index (χ1n) is 10.0. The van der Waals surface area contributed by atoms with Crippen molar-refractivity contribution < 1.29 is 17.9 Å². The Morgan fingerprint density at radius 3 is 2.12 bits per heavy atom. The lowest BCUT2D eigenvalue weighted by atomic mass is 10.1. The zero-order valence-corrected chi connectivity index (χ0v) is 19.0. The maximum Gasteiger partial charge on any atom is 0.271 e. The minimum atomic E-state index is -3.68. The second-order valence-electron chi connectivity index (χ2n) is 6.93. The van der Waals surface area contributed by atoms with Gasteiger partial charge in [-0.05, 0) is 80.1 Å². The monoisotopic (exact) mass is 451 g/mol. The summed E-state index contributed by atoms with van der Waals surface area (Å²) in [6.45, 7) is 4.31. The van der Waals surface area contributed by atoms with Crippen LogP contribution in [-0.2, 0) is 10.0 Å². The van der Waals surface area contributed by atoms with Crippen molar-refractivity contribution >= 4 is 27.3 Å². The predicted octanol–water partition coefficient (Wildman–Crippen LogP) is 4.06. The number of amides is 1. The van der Waals surface area contributed by atoms with E-state index in [1.54, 1.807) is 61.5 Å². The number of nitrogens with one attached hydrogen (secondary N) is 1. The Morgan fingerprint density at radius 2 is 1.53 bits per heavy atom. The smallest absolute Gasteiger partial charge is 0.271 e. The summed E-state index contributed by atoms with van der Waals surface area (Å²) < 4.78 is 32.1. The molecule has 32 heavy (non-hydrogen) atoms. The number of carbonyl (C=O) groups is 1. The number of carbonyl (C=O) groups excluding carboxylic acids is 1. The second kappa shape index (κ2) is 10.1. The molecule has 0 radical (unpaired) electrons. The molecule has 1 N–H and O–H groups in total. The highest BCUT2D eigenvalue weighted by Gasteiger charge is 2.21. The van der Waals surface area contributed by atoms with E-state index in [1.807, 2.05) is 31.2 Å². The topological polar surface area (TPSA) is 88.1 Å². The van der Waals surface area contributed by atoms with E-state index in [4.69, 9.17) is 4.74 Å². The van der Waals surface area contributed by atoms with E-state index in [9.17, 15) is 13.2 Å². The average molecular weight is 452 g/mol. The number of hydrogen-bond acceptors (Lipinski definition) is 5. The normalized spacial score (nSPS) is 11.7. The molecule has 8 heteroatoms. The number of sulfonamides is 1. The molecule has 0 aliphatic rings. The zero-order valence-electron chi connectivity index (χ0n) is 18.1. The van der Waals surface area contributed by atoms with E-state index in [2.05, 4.69) is 10.5 Å². The molecule has 0 aliphatic heterocycles. The van der Waals surface area contributed by atoms with Gasteiger partial charge in [0.2, 0.25) is 0 Å². The lowest BCUT2D eigenvalue weighted by Crippen LogP contribution is -2.26. The molecular weight excluding hydrogens is 426 g/mol. The highest BCUT2D eigenvalue weighted by Crippen LogP contribution is 2.22. The van der Waals surface area contributed by atoms with E-state index in [0.717, 1.165) is 11.3 Å². The highest BCUT2D eigenvalue weighted by atomic mass is 32.2. The van der Waals surface area contributed by atoms with Gasteiger partial charge < -0.3 is 4.74 Å². The molecule has 0 fully saturated rings. The van der Waals surface area contributed by atoms with Gasteiger partial charge >= 0.3 is 0 Å². The molecule has 1 amide bonds. The van der Waals surface area contributed by atoms with Crippen LogP contribution in [-0.4, -0.2) is 33.7 Å². The van der Waals surface area contributed by atoms with Gasteiger partial charge in [0.05, 0.1) is 22.9 Å². The molecule has 3 aromatic rings. The molecule has 0 aromatic heterocycles. The molecule has 166 valence electrons. The van der Waals surface area contributed by atoms with Crippen molar-refractivity contribution in [1.29, 1.82) is 0 Å². The Balaban J connectivity index is 1.67. The third kappa shape index (κ3) is 5.33. The molecule has 0 bridgehead atoms. The van der Waals surface area contributed by atoms with Crippen molar-refractivity contribution in [3.8, 4) is 5.75 Å². The van der Waals surface area contributed by atoms with Crippen molar-refractivity contribution in [2.45, 2.75) is 18.7 Å². The van der Waals surface area contributed by atoms with Crippen LogP contribution in [0.15, 0.2) is 88.9 Å². The minimum Gasteiger partial charge on any atom is -0.494 e. The summed E-state index contributed by atoms with van der Waals surface area (Å²) in [4.78, 5) is 12.6. The minimum absolute atomic E-state index is 0.198. The maximum atomic E-state index is 12.7. The molecular formula is C24H25N3O4S. The van der Waals surface area contributed by atoms with Crippen molar-refractivity contribution in [2.24, 2.45) is 5.10 Å². The number of hydrazone groups is 1. The first-order chi connectivity index (χ1) is 15.3. The average Bonchev–Trinajstić information content (AvgIpc) is 2.83. The largest absolute Gasteiger partial charge is 0.494 e. The number of nitrogens with zero attached hydrogens (tertiary/aromatic N) is 2. The van der Waals surface area contributed by atoms with Gasteiger partial charge in [-0.1, -0.05) is 18.2 Å². The van der Waals surface area contributed by atoms with Crippen LogP contribution in [0.2, 0.25) is 0 Å². The summed E-state index contributed by atoms with van der Waals surface area (Å²) in [6.07, 6.45) is 0. The lowest BCUT2D eigenvalue weighted by molar-refractivity contribution is 0.0955. The fourth-order valence-electron chi connectivity index (χ4n) is 2.93. The predicted molar refractivity (Wildman–Crippen MR) is 126 cm³/mol. The Hall–Kier alpha value is -3.65. The van der Waals surface area contributed by atoms with Gasteiger partial charge in [-0.3, -0.25) is 9.10 Å². The van der Waals surface area contributed by atoms with Gasteiger partial charge in [0, 0.05) is 12.6 Å². The Kier molecular flexibility index (Phi) is 7.27. The van der Waals surface area contributed by atoms with Gasteiger partial charge in [-0.15, -0.1) is 0 Å². The van der Waals surface area contributed by atoms with E-state index in [-0.39, 0.29) is 4.90 Å². The quantitative estimate of drug-likeness (QED) is 0.413. The Labute approximate surface area is 188 Å². The van der Waals surface area contributed by atoms with E-state index in [0.29, 0.717) is 23.6 Å². The first kappa shape index (κ1) is 23.0. The second-order valence-corrected chi connectivity index (χ2v) is 8.90. The molecule has 0 saturated carbocycles. The molecule has 7 nitrogen and oxygen atoms in total. The van der Waals surface area contributed by atoms with Crippen molar-refractivity contribution in [3.05, 3.63) is 90.0 Å². The molecule has 0 saturated heterocycles. The number of ether oxygens (including phenoxy) is 1. The Morgan fingerprint density at radius 1 is 0.938 bits per heavy atom. The fraction of sp³-hybridized carbons (Fsp3) is 0.167. The summed E-state index contributed by atoms with van der Waals surface area (Å²) in [5.74, 6) is 0.378. The number of benzene rings is 3. The van der Waals surface area contributed by atoms with Crippen LogP contribution in [0, 0.1) is 0 Å². The van der Waals surface area contributed by atoms with Crippen LogP contribution < -0.4 is 14.5 Å². The zero-order chi connectivity index (χ0) is 23.1. The summed E-state index contributed by atoms with van der Waals surface area (Å²) in [6, 6.07) is 21.9. The van der Waals surface area contributed by atoms with E-state index < -0.39 is 15.9 Å². The molecule has 0 spiro atoms. The summed E-state index contributed by atoms with van der Waals surface area (Å²) in [5, 5.41) is 4.15. The van der Waals surface area contributed by atoms with E-state index in [1.165, 1.54) is 11.4 Å². The number of rotatable bonds is 8. The van der Waals surface area contributed by atoms with Gasteiger partial charge in [-0.2, -0.15) is 5.10 Å². The van der Waals surface area contributed by atoms with Crippen LogP contribution in [0.1, 0.15) is 29.8 Å². The summed E-state index contributed by atoms with van der Waals surface area (Å²) in [7, 11) is -2.21. The fourth-order valence-corrected chi connectivity index (χ4v) is 4.15. The number of anilines is 1. The maximum absolute atomic E-state index is 12.7. The molecule has 3 rings (SSSR count). The van der Waals surface area contributed by atoms with Gasteiger partial charge in [0.1, 0.15) is 5.75 Å². The number of hydrogen-bond donors (Lipinski definition) is 1. The first-order valence-corrected chi connectivity index (χ1v) is 11.5. The molecule has 3 aromatic carbocycles. The lowest BCUT2D eigenvalue weighted by Gasteiger charge is -2.19. The SMILES string of the molecule is CCOc1ccc(/C(C)=N\NC(=O)c2ccc(N(C)S(=O)(=O)c3ccccc3)cc2)cc1. The third-order valence-electron chi connectivity index (χ3n) is 4.80. The summed E-state index contributed by atoms with van der Waals surface area (Å²) in [5.41, 5.74) is 4.84. The molecule has 0 aliphatic carbocycles. The standard InChI is InChI=1S/C24H25N3O4S/c1-4-31-22-16-12-19(13-17-22)18(2)25-26-24(28)20-10-14-21(15-11-20)27(3)32(29,30)23-8-6-5-7-9-23/h5-17H,4H2,1-3H3,(H,26,28)/b25-18-. The summed E-state index contributed by atoms with van der Waals surface area (Å²) >= 11 is 0. The van der Waals surface area contributed by atoms with Crippen molar-refractivity contribution in [3.63, 3.8) is 0 Å².